The highest BCUT2D eigenvalue weighted by molar-refractivity contribution is 6.31. The molecule has 28 heavy (non-hydrogen) atoms. The number of carbonyl (C=O) groups is 2. The number of hydrogen-bond donors (Lipinski definition) is 3. The van der Waals surface area contributed by atoms with Gasteiger partial charge in [0.05, 0.1) is 5.02 Å². The van der Waals surface area contributed by atoms with Crippen molar-refractivity contribution in [1.82, 2.24) is 10.2 Å². The smallest absolute Gasteiger partial charge is 0.276 e. The molecule has 3 aromatic rings. The third-order valence-electron chi connectivity index (χ3n) is 3.55. The SMILES string of the molecule is CC(=O)Nc1ccc(Nc2ccc(C(=O)Nc3ccc(F)c(Cl)c3)nn2)cc1. The van der Waals surface area contributed by atoms with Crippen molar-refractivity contribution >= 4 is 46.3 Å². The van der Waals surface area contributed by atoms with Crippen LogP contribution in [-0.4, -0.2) is 22.0 Å². The zero-order chi connectivity index (χ0) is 20.1. The van der Waals surface area contributed by atoms with Crippen LogP contribution in [0.5, 0.6) is 0 Å². The van der Waals surface area contributed by atoms with E-state index in [1.807, 2.05) is 0 Å². The Labute approximate surface area is 164 Å². The summed E-state index contributed by atoms with van der Waals surface area (Å²) >= 11 is 5.69. The molecule has 0 saturated heterocycles. The molecule has 0 fully saturated rings. The first kappa shape index (κ1) is 19.2. The second kappa shape index (κ2) is 8.45. The third-order valence-corrected chi connectivity index (χ3v) is 3.84. The van der Waals surface area contributed by atoms with Crippen LogP contribution in [0, 0.1) is 5.82 Å². The molecule has 2 amide bonds. The van der Waals surface area contributed by atoms with Crippen LogP contribution in [0.3, 0.4) is 0 Å². The molecule has 0 unspecified atom stereocenters. The lowest BCUT2D eigenvalue weighted by Crippen LogP contribution is -2.14. The number of benzene rings is 2. The summed E-state index contributed by atoms with van der Waals surface area (Å²) in [5.74, 6) is -0.779. The van der Waals surface area contributed by atoms with E-state index in [0.29, 0.717) is 17.2 Å². The van der Waals surface area contributed by atoms with E-state index in [0.717, 1.165) is 11.8 Å². The third kappa shape index (κ3) is 5.01. The van der Waals surface area contributed by atoms with E-state index < -0.39 is 11.7 Å². The van der Waals surface area contributed by atoms with Gasteiger partial charge in [0.25, 0.3) is 5.91 Å². The summed E-state index contributed by atoms with van der Waals surface area (Å²) in [5.41, 5.74) is 1.85. The Morgan fingerprint density at radius 3 is 2.18 bits per heavy atom. The van der Waals surface area contributed by atoms with Crippen molar-refractivity contribution in [2.75, 3.05) is 16.0 Å². The van der Waals surface area contributed by atoms with Crippen LogP contribution in [0.15, 0.2) is 54.6 Å². The summed E-state index contributed by atoms with van der Waals surface area (Å²) in [7, 11) is 0. The summed E-state index contributed by atoms with van der Waals surface area (Å²) in [4.78, 5) is 23.2. The Hall–Kier alpha value is -3.52. The number of aromatic nitrogens is 2. The lowest BCUT2D eigenvalue weighted by molar-refractivity contribution is -0.114. The van der Waals surface area contributed by atoms with Crippen LogP contribution in [0.25, 0.3) is 0 Å². The van der Waals surface area contributed by atoms with Crippen molar-refractivity contribution in [3.63, 3.8) is 0 Å². The number of anilines is 4. The van der Waals surface area contributed by atoms with E-state index in [2.05, 4.69) is 26.1 Å². The highest BCUT2D eigenvalue weighted by atomic mass is 35.5. The first-order valence-electron chi connectivity index (χ1n) is 8.15. The molecular weight excluding hydrogens is 385 g/mol. The lowest BCUT2D eigenvalue weighted by Gasteiger charge is -2.08. The molecule has 0 aliphatic carbocycles. The molecule has 3 N–H and O–H groups in total. The molecule has 142 valence electrons. The van der Waals surface area contributed by atoms with Gasteiger partial charge in [-0.25, -0.2) is 4.39 Å². The van der Waals surface area contributed by atoms with Crippen LogP contribution in [0.1, 0.15) is 17.4 Å². The summed E-state index contributed by atoms with van der Waals surface area (Å²) in [6, 6.07) is 14.0. The average Bonchev–Trinajstić information content (AvgIpc) is 2.66. The topological polar surface area (TPSA) is 96.0 Å². The molecule has 0 aliphatic rings. The van der Waals surface area contributed by atoms with E-state index in [4.69, 9.17) is 11.6 Å². The van der Waals surface area contributed by atoms with Crippen molar-refractivity contribution < 1.29 is 14.0 Å². The van der Waals surface area contributed by atoms with Crippen LogP contribution in [0.2, 0.25) is 5.02 Å². The second-order valence-corrected chi connectivity index (χ2v) is 6.18. The Balaban J connectivity index is 1.63. The van der Waals surface area contributed by atoms with E-state index in [9.17, 15) is 14.0 Å². The summed E-state index contributed by atoms with van der Waals surface area (Å²) in [6.45, 7) is 1.43. The quantitative estimate of drug-likeness (QED) is 0.596. The van der Waals surface area contributed by atoms with Gasteiger partial charge in [-0.3, -0.25) is 9.59 Å². The minimum Gasteiger partial charge on any atom is -0.339 e. The summed E-state index contributed by atoms with van der Waals surface area (Å²) in [5, 5.41) is 16.0. The normalized spacial score (nSPS) is 10.2. The molecule has 9 heteroatoms. The van der Waals surface area contributed by atoms with Crippen LogP contribution >= 0.6 is 11.6 Å². The fourth-order valence-corrected chi connectivity index (χ4v) is 2.46. The van der Waals surface area contributed by atoms with Gasteiger partial charge in [0.15, 0.2) is 11.5 Å². The molecule has 1 heterocycles. The lowest BCUT2D eigenvalue weighted by atomic mass is 10.2. The first-order chi connectivity index (χ1) is 13.4. The maximum Gasteiger partial charge on any atom is 0.276 e. The van der Waals surface area contributed by atoms with Gasteiger partial charge in [-0.05, 0) is 54.6 Å². The zero-order valence-corrected chi connectivity index (χ0v) is 15.4. The van der Waals surface area contributed by atoms with E-state index >= 15 is 0 Å². The molecule has 7 nitrogen and oxygen atoms in total. The standard InChI is InChI=1S/C19H15ClFN5O2/c1-11(27)22-12-2-4-13(5-3-12)23-18-9-8-17(25-26-18)19(28)24-14-6-7-16(21)15(20)10-14/h2-10H,1H3,(H,22,27)(H,23,26)(H,24,28). The molecule has 0 radical (unpaired) electrons. The van der Waals surface area contributed by atoms with Crippen molar-refractivity contribution in [1.29, 1.82) is 0 Å². The van der Waals surface area contributed by atoms with Crippen LogP contribution < -0.4 is 16.0 Å². The number of hydrogen-bond acceptors (Lipinski definition) is 5. The molecule has 3 rings (SSSR count). The summed E-state index contributed by atoms with van der Waals surface area (Å²) < 4.78 is 13.2. The number of amides is 2. The van der Waals surface area contributed by atoms with Gasteiger partial charge in [0, 0.05) is 24.0 Å². The molecule has 0 aliphatic heterocycles. The van der Waals surface area contributed by atoms with Crippen LogP contribution in [-0.2, 0) is 4.79 Å². The maximum atomic E-state index is 13.2. The predicted octanol–water partition coefficient (Wildman–Crippen LogP) is 4.22. The Bertz CT molecular complexity index is 1010. The van der Waals surface area contributed by atoms with Gasteiger partial charge in [0.2, 0.25) is 5.91 Å². The van der Waals surface area contributed by atoms with Crippen molar-refractivity contribution in [3.8, 4) is 0 Å². The number of halogens is 2. The maximum absolute atomic E-state index is 13.2. The van der Waals surface area contributed by atoms with E-state index in [1.54, 1.807) is 30.3 Å². The van der Waals surface area contributed by atoms with Gasteiger partial charge in [-0.15, -0.1) is 10.2 Å². The number of rotatable bonds is 5. The van der Waals surface area contributed by atoms with E-state index in [1.165, 1.54) is 25.1 Å². The fourth-order valence-electron chi connectivity index (χ4n) is 2.28. The van der Waals surface area contributed by atoms with Gasteiger partial charge in [-0.2, -0.15) is 0 Å². The Kier molecular flexibility index (Phi) is 5.81. The molecule has 0 saturated carbocycles. The fraction of sp³-hybridized carbons (Fsp3) is 0.0526. The number of nitrogens with zero attached hydrogens (tertiary/aromatic N) is 2. The Morgan fingerprint density at radius 1 is 0.893 bits per heavy atom. The van der Waals surface area contributed by atoms with Crippen molar-refractivity contribution in [2.24, 2.45) is 0 Å². The largest absolute Gasteiger partial charge is 0.339 e. The minimum absolute atomic E-state index is 0.0898. The zero-order valence-electron chi connectivity index (χ0n) is 14.7. The highest BCUT2D eigenvalue weighted by Crippen LogP contribution is 2.20. The number of carbonyl (C=O) groups excluding carboxylic acids is 2. The highest BCUT2D eigenvalue weighted by Gasteiger charge is 2.10. The van der Waals surface area contributed by atoms with Crippen molar-refractivity contribution in [2.45, 2.75) is 6.92 Å². The van der Waals surface area contributed by atoms with Gasteiger partial charge in [0.1, 0.15) is 5.82 Å². The van der Waals surface area contributed by atoms with Gasteiger partial charge < -0.3 is 16.0 Å². The number of nitrogens with one attached hydrogen (secondary N) is 3. The van der Waals surface area contributed by atoms with Crippen molar-refractivity contribution in [3.05, 3.63) is 71.1 Å². The molecule has 0 spiro atoms. The minimum atomic E-state index is -0.569. The first-order valence-corrected chi connectivity index (χ1v) is 8.53. The molecule has 0 bridgehead atoms. The van der Waals surface area contributed by atoms with Crippen LogP contribution in [0.4, 0.5) is 27.3 Å². The van der Waals surface area contributed by atoms with Gasteiger partial charge >= 0.3 is 0 Å². The van der Waals surface area contributed by atoms with E-state index in [-0.39, 0.29) is 16.6 Å². The second-order valence-electron chi connectivity index (χ2n) is 5.77. The Morgan fingerprint density at radius 2 is 1.57 bits per heavy atom. The molecule has 2 aromatic carbocycles. The summed E-state index contributed by atoms with van der Waals surface area (Å²) in [6.07, 6.45) is 0. The monoisotopic (exact) mass is 399 g/mol. The molecule has 0 atom stereocenters. The van der Waals surface area contributed by atoms with Gasteiger partial charge in [-0.1, -0.05) is 11.6 Å². The molecule has 1 aromatic heterocycles. The average molecular weight is 400 g/mol. The predicted molar refractivity (Wildman–Crippen MR) is 105 cm³/mol. The molecular formula is C19H15ClFN5O2.